The van der Waals surface area contributed by atoms with E-state index in [1.165, 1.54) is 7.11 Å². The van der Waals surface area contributed by atoms with E-state index in [1.54, 1.807) is 0 Å². The fraction of sp³-hybridized carbons (Fsp3) is 0.333. The van der Waals surface area contributed by atoms with Gasteiger partial charge >= 0.3 is 5.97 Å². The molecule has 0 aliphatic rings. The maximum absolute atomic E-state index is 11.6. The van der Waals surface area contributed by atoms with Crippen molar-refractivity contribution in [3.8, 4) is 0 Å². The van der Waals surface area contributed by atoms with Gasteiger partial charge in [0.2, 0.25) is 5.91 Å². The fourth-order valence-electron chi connectivity index (χ4n) is 1.44. The predicted molar refractivity (Wildman–Crippen MR) is 63.0 cm³/mol. The Morgan fingerprint density at radius 3 is 2.53 bits per heavy atom. The normalized spacial score (nSPS) is 11.8. The third-order valence-corrected chi connectivity index (χ3v) is 2.29. The van der Waals surface area contributed by atoms with Crippen LogP contribution in [0.3, 0.4) is 0 Å². The summed E-state index contributed by atoms with van der Waals surface area (Å²) in [5, 5.41) is 2.94. The number of carbonyl (C=O) groups excluding carboxylic acids is 2. The summed E-state index contributed by atoms with van der Waals surface area (Å²) in [6, 6.07) is 8.60. The number of nitrogens with two attached hydrogens (primary N) is 1. The van der Waals surface area contributed by atoms with Crippen LogP contribution < -0.4 is 11.1 Å². The van der Waals surface area contributed by atoms with Crippen molar-refractivity contribution >= 4 is 11.9 Å². The summed E-state index contributed by atoms with van der Waals surface area (Å²) < 4.78 is 4.71. The Kier molecular flexibility index (Phi) is 5.16. The molecule has 5 heteroatoms. The van der Waals surface area contributed by atoms with Gasteiger partial charge in [-0.3, -0.25) is 4.79 Å². The largest absolute Gasteiger partial charge is 0.468 e. The van der Waals surface area contributed by atoms with Crippen molar-refractivity contribution in [3.63, 3.8) is 0 Å². The molecule has 1 aromatic rings. The number of carbonyl (C=O) groups is 2. The second-order valence-electron chi connectivity index (χ2n) is 3.54. The van der Waals surface area contributed by atoms with Crippen LogP contribution in [0.1, 0.15) is 18.0 Å². The molecule has 0 aliphatic heterocycles. The lowest BCUT2D eigenvalue weighted by molar-refractivity contribution is -0.143. The maximum atomic E-state index is 11.6. The number of methoxy groups -OCH3 is 1. The summed E-state index contributed by atoms with van der Waals surface area (Å²) >= 11 is 0. The Hall–Kier alpha value is -1.88. The van der Waals surface area contributed by atoms with E-state index in [-0.39, 0.29) is 12.4 Å². The van der Waals surface area contributed by atoms with Gasteiger partial charge in [0, 0.05) is 13.0 Å². The van der Waals surface area contributed by atoms with Crippen molar-refractivity contribution in [2.45, 2.75) is 12.5 Å². The van der Waals surface area contributed by atoms with Crippen LogP contribution in [0.5, 0.6) is 0 Å². The average molecular weight is 236 g/mol. The Bertz CT molecular complexity index is 379. The van der Waals surface area contributed by atoms with Crippen molar-refractivity contribution in [2.75, 3.05) is 13.7 Å². The van der Waals surface area contributed by atoms with Crippen LogP contribution in [0.25, 0.3) is 0 Å². The number of esters is 1. The third kappa shape index (κ3) is 4.24. The minimum Gasteiger partial charge on any atom is -0.468 e. The van der Waals surface area contributed by atoms with Crippen LogP contribution in [0.15, 0.2) is 30.3 Å². The molecule has 0 bridgehead atoms. The molecule has 1 unspecified atom stereocenters. The number of primary amides is 1. The molecule has 0 heterocycles. The van der Waals surface area contributed by atoms with Gasteiger partial charge in [-0.15, -0.1) is 0 Å². The summed E-state index contributed by atoms with van der Waals surface area (Å²) in [6.45, 7) is 0.337. The molecule has 0 spiro atoms. The molecule has 92 valence electrons. The first kappa shape index (κ1) is 13.2. The minimum absolute atomic E-state index is 0.181. The average Bonchev–Trinajstić information content (AvgIpc) is 2.34. The molecule has 1 amide bonds. The van der Waals surface area contributed by atoms with E-state index in [0.29, 0.717) is 6.54 Å². The monoisotopic (exact) mass is 236 g/mol. The van der Waals surface area contributed by atoms with Gasteiger partial charge in [0.25, 0.3) is 0 Å². The van der Waals surface area contributed by atoms with Gasteiger partial charge in [-0.25, -0.2) is 4.79 Å². The number of benzene rings is 1. The lowest BCUT2D eigenvalue weighted by Crippen LogP contribution is -2.32. The van der Waals surface area contributed by atoms with Gasteiger partial charge in [-0.1, -0.05) is 30.3 Å². The van der Waals surface area contributed by atoms with E-state index in [1.807, 2.05) is 30.3 Å². The van der Waals surface area contributed by atoms with Gasteiger partial charge < -0.3 is 15.8 Å². The lowest BCUT2D eigenvalue weighted by atomic mass is 10.1. The fourth-order valence-corrected chi connectivity index (χ4v) is 1.44. The van der Waals surface area contributed by atoms with Crippen LogP contribution in [0.2, 0.25) is 0 Å². The predicted octanol–water partition coefficient (Wildman–Crippen LogP) is 0.366. The van der Waals surface area contributed by atoms with Crippen LogP contribution >= 0.6 is 0 Å². The van der Waals surface area contributed by atoms with E-state index < -0.39 is 11.9 Å². The second kappa shape index (κ2) is 6.65. The SMILES string of the molecule is COC(=O)C(NCCC(N)=O)c1ccccc1. The van der Waals surface area contributed by atoms with E-state index in [9.17, 15) is 9.59 Å². The Morgan fingerprint density at radius 1 is 1.35 bits per heavy atom. The first-order chi connectivity index (χ1) is 8.15. The molecule has 17 heavy (non-hydrogen) atoms. The van der Waals surface area contributed by atoms with Crippen molar-refractivity contribution in [1.29, 1.82) is 0 Å². The zero-order chi connectivity index (χ0) is 12.7. The van der Waals surface area contributed by atoms with E-state index >= 15 is 0 Å². The number of ether oxygens (including phenoxy) is 1. The molecular weight excluding hydrogens is 220 g/mol. The summed E-state index contributed by atoms with van der Waals surface area (Å²) in [4.78, 5) is 22.2. The standard InChI is InChI=1S/C12H16N2O3/c1-17-12(16)11(14-8-7-10(13)15)9-5-3-2-4-6-9/h2-6,11,14H,7-8H2,1H3,(H2,13,15). The van der Waals surface area contributed by atoms with Crippen molar-refractivity contribution in [2.24, 2.45) is 5.73 Å². The number of nitrogens with one attached hydrogen (secondary N) is 1. The van der Waals surface area contributed by atoms with Crippen molar-refractivity contribution < 1.29 is 14.3 Å². The minimum atomic E-state index is -0.569. The summed E-state index contributed by atoms with van der Waals surface area (Å²) in [5.74, 6) is -0.796. The molecule has 0 saturated heterocycles. The highest BCUT2D eigenvalue weighted by Gasteiger charge is 2.20. The molecule has 1 aromatic carbocycles. The smallest absolute Gasteiger partial charge is 0.327 e. The van der Waals surface area contributed by atoms with Crippen LogP contribution in [0, 0.1) is 0 Å². The van der Waals surface area contributed by atoms with Gasteiger partial charge in [0.1, 0.15) is 6.04 Å². The molecule has 0 radical (unpaired) electrons. The van der Waals surface area contributed by atoms with Gasteiger partial charge in [-0.05, 0) is 5.56 Å². The molecule has 3 N–H and O–H groups in total. The summed E-state index contributed by atoms with van der Waals surface area (Å²) in [7, 11) is 1.33. The number of amides is 1. The number of rotatable bonds is 6. The molecule has 0 aromatic heterocycles. The lowest BCUT2D eigenvalue weighted by Gasteiger charge is -2.16. The number of hydrogen-bond donors (Lipinski definition) is 2. The third-order valence-electron chi connectivity index (χ3n) is 2.29. The summed E-state index contributed by atoms with van der Waals surface area (Å²) in [6.07, 6.45) is 0.181. The molecule has 1 rings (SSSR count). The van der Waals surface area contributed by atoms with Crippen LogP contribution in [-0.2, 0) is 14.3 Å². The first-order valence-corrected chi connectivity index (χ1v) is 5.29. The highest BCUT2D eigenvalue weighted by Crippen LogP contribution is 2.13. The quantitative estimate of drug-likeness (QED) is 0.699. The second-order valence-corrected chi connectivity index (χ2v) is 3.54. The molecular formula is C12H16N2O3. The van der Waals surface area contributed by atoms with Gasteiger partial charge in [-0.2, -0.15) is 0 Å². The molecule has 0 saturated carbocycles. The number of hydrogen-bond acceptors (Lipinski definition) is 4. The van der Waals surface area contributed by atoms with E-state index in [2.05, 4.69) is 5.32 Å². The maximum Gasteiger partial charge on any atom is 0.327 e. The van der Waals surface area contributed by atoms with Crippen LogP contribution in [-0.4, -0.2) is 25.5 Å². The van der Waals surface area contributed by atoms with Gasteiger partial charge in [0.05, 0.1) is 7.11 Å². The van der Waals surface area contributed by atoms with E-state index in [0.717, 1.165) is 5.56 Å². The first-order valence-electron chi connectivity index (χ1n) is 5.29. The topological polar surface area (TPSA) is 81.4 Å². The molecule has 0 fully saturated rings. The highest BCUT2D eigenvalue weighted by molar-refractivity contribution is 5.78. The van der Waals surface area contributed by atoms with E-state index in [4.69, 9.17) is 10.5 Å². The van der Waals surface area contributed by atoms with Gasteiger partial charge in [0.15, 0.2) is 0 Å². The summed E-state index contributed by atoms with van der Waals surface area (Å²) in [5.41, 5.74) is 5.83. The van der Waals surface area contributed by atoms with Crippen molar-refractivity contribution in [3.05, 3.63) is 35.9 Å². The zero-order valence-electron chi connectivity index (χ0n) is 9.68. The Morgan fingerprint density at radius 2 is 2.00 bits per heavy atom. The molecule has 1 atom stereocenters. The molecule has 0 aliphatic carbocycles. The molecule has 5 nitrogen and oxygen atoms in total. The van der Waals surface area contributed by atoms with Crippen LogP contribution in [0.4, 0.5) is 0 Å². The van der Waals surface area contributed by atoms with Crippen molar-refractivity contribution in [1.82, 2.24) is 5.32 Å². The Labute approximate surface area is 99.9 Å². The zero-order valence-corrected chi connectivity index (χ0v) is 9.68. The Balaban J connectivity index is 2.68. The highest BCUT2D eigenvalue weighted by atomic mass is 16.5.